The Hall–Kier alpha value is -2.11. The lowest BCUT2D eigenvalue weighted by Crippen LogP contribution is -2.50. The Kier molecular flexibility index (Phi) is 5.02. The first-order valence-electron chi connectivity index (χ1n) is 7.50. The normalized spacial score (nSPS) is 14.6. The number of amides is 2. The zero-order valence-electron chi connectivity index (χ0n) is 12.8. The van der Waals surface area contributed by atoms with E-state index < -0.39 is 0 Å². The highest BCUT2D eigenvalue weighted by atomic mass is 35.5. The van der Waals surface area contributed by atoms with E-state index in [2.05, 4.69) is 4.98 Å². The molecule has 2 aromatic rings. The number of nitrogens with zero attached hydrogens (tertiary/aromatic N) is 3. The molecule has 1 fully saturated rings. The Labute approximate surface area is 149 Å². The van der Waals surface area contributed by atoms with Crippen molar-refractivity contribution in [1.82, 2.24) is 14.8 Å². The molecule has 2 heterocycles. The van der Waals surface area contributed by atoms with E-state index in [9.17, 15) is 9.59 Å². The maximum atomic E-state index is 12.5. The van der Waals surface area contributed by atoms with Gasteiger partial charge in [-0.25, -0.2) is 0 Å². The van der Waals surface area contributed by atoms with Crippen molar-refractivity contribution in [3.8, 4) is 0 Å². The van der Waals surface area contributed by atoms with Crippen LogP contribution in [-0.4, -0.2) is 52.8 Å². The van der Waals surface area contributed by atoms with E-state index in [0.717, 1.165) is 0 Å². The van der Waals surface area contributed by atoms with Crippen LogP contribution >= 0.6 is 23.2 Å². The third-order valence-corrected chi connectivity index (χ3v) is 4.69. The Morgan fingerprint density at radius 3 is 1.88 bits per heavy atom. The van der Waals surface area contributed by atoms with Crippen molar-refractivity contribution in [2.24, 2.45) is 0 Å². The van der Waals surface area contributed by atoms with Crippen LogP contribution in [-0.2, 0) is 0 Å². The highest BCUT2D eigenvalue weighted by molar-refractivity contribution is 6.42. The van der Waals surface area contributed by atoms with Crippen LogP contribution < -0.4 is 0 Å². The third-order valence-electron chi connectivity index (χ3n) is 3.95. The van der Waals surface area contributed by atoms with Gasteiger partial charge in [-0.1, -0.05) is 23.2 Å². The molecule has 7 heteroatoms. The highest BCUT2D eigenvalue weighted by Gasteiger charge is 2.25. The number of pyridine rings is 1. The van der Waals surface area contributed by atoms with Gasteiger partial charge >= 0.3 is 0 Å². The van der Waals surface area contributed by atoms with Crippen LogP contribution in [0.15, 0.2) is 42.7 Å². The number of halogens is 2. The van der Waals surface area contributed by atoms with Crippen LogP contribution in [0.2, 0.25) is 10.0 Å². The molecule has 0 radical (unpaired) electrons. The molecule has 0 aliphatic carbocycles. The summed E-state index contributed by atoms with van der Waals surface area (Å²) in [6.45, 7) is 1.95. The van der Waals surface area contributed by atoms with Gasteiger partial charge in [-0.05, 0) is 30.3 Å². The van der Waals surface area contributed by atoms with Gasteiger partial charge in [-0.2, -0.15) is 0 Å². The van der Waals surface area contributed by atoms with Gasteiger partial charge in [0.1, 0.15) is 0 Å². The number of rotatable bonds is 2. The molecule has 0 spiro atoms. The molecule has 5 nitrogen and oxygen atoms in total. The standard InChI is InChI=1S/C17H15Cl2N3O2/c18-14-2-1-13(11-15(14)19)17(24)22-9-7-21(8-10-22)16(23)12-3-5-20-6-4-12/h1-6,11H,7-10H2. The maximum Gasteiger partial charge on any atom is 0.254 e. The summed E-state index contributed by atoms with van der Waals surface area (Å²) >= 11 is 11.8. The second-order valence-corrected chi connectivity index (χ2v) is 6.26. The summed E-state index contributed by atoms with van der Waals surface area (Å²) in [6.07, 6.45) is 3.19. The van der Waals surface area contributed by atoms with E-state index in [1.54, 1.807) is 52.5 Å². The van der Waals surface area contributed by atoms with Crippen molar-refractivity contribution in [2.75, 3.05) is 26.2 Å². The molecule has 1 aliphatic heterocycles. The van der Waals surface area contributed by atoms with E-state index in [-0.39, 0.29) is 11.8 Å². The fourth-order valence-corrected chi connectivity index (χ4v) is 2.90. The summed E-state index contributed by atoms with van der Waals surface area (Å²) in [5.74, 6) is -0.149. The average molecular weight is 364 g/mol. The predicted molar refractivity (Wildman–Crippen MR) is 92.5 cm³/mol. The minimum atomic E-state index is -0.107. The molecule has 1 aliphatic rings. The lowest BCUT2D eigenvalue weighted by atomic mass is 10.1. The predicted octanol–water partition coefficient (Wildman–Crippen LogP) is 2.99. The van der Waals surface area contributed by atoms with Gasteiger partial charge in [0.15, 0.2) is 0 Å². The number of carbonyl (C=O) groups is 2. The fourth-order valence-electron chi connectivity index (χ4n) is 2.60. The second kappa shape index (κ2) is 7.20. The number of hydrogen-bond acceptors (Lipinski definition) is 3. The Morgan fingerprint density at radius 1 is 0.792 bits per heavy atom. The van der Waals surface area contributed by atoms with Gasteiger partial charge in [-0.3, -0.25) is 14.6 Å². The van der Waals surface area contributed by atoms with Gasteiger partial charge in [-0.15, -0.1) is 0 Å². The molecular weight excluding hydrogens is 349 g/mol. The van der Waals surface area contributed by atoms with E-state index in [4.69, 9.17) is 23.2 Å². The highest BCUT2D eigenvalue weighted by Crippen LogP contribution is 2.23. The van der Waals surface area contributed by atoms with Crippen molar-refractivity contribution < 1.29 is 9.59 Å². The van der Waals surface area contributed by atoms with Gasteiger partial charge in [0.2, 0.25) is 0 Å². The number of aromatic nitrogens is 1. The van der Waals surface area contributed by atoms with Crippen molar-refractivity contribution in [3.05, 3.63) is 63.9 Å². The molecule has 3 rings (SSSR count). The summed E-state index contributed by atoms with van der Waals surface area (Å²) in [6, 6.07) is 8.22. The molecule has 1 aromatic heterocycles. The Morgan fingerprint density at radius 2 is 1.33 bits per heavy atom. The van der Waals surface area contributed by atoms with Crippen LogP contribution in [0.4, 0.5) is 0 Å². The van der Waals surface area contributed by atoms with E-state index in [1.807, 2.05) is 0 Å². The molecule has 1 saturated heterocycles. The SMILES string of the molecule is O=C(c1ccncc1)N1CCN(C(=O)c2ccc(Cl)c(Cl)c2)CC1. The number of carbonyl (C=O) groups excluding carboxylic acids is 2. The summed E-state index contributed by atoms with van der Waals surface area (Å²) < 4.78 is 0. The quantitative estimate of drug-likeness (QED) is 0.823. The molecule has 1 aromatic carbocycles. The zero-order chi connectivity index (χ0) is 17.1. The summed E-state index contributed by atoms with van der Waals surface area (Å²) in [5, 5.41) is 0.773. The topological polar surface area (TPSA) is 53.5 Å². The van der Waals surface area contributed by atoms with Crippen molar-refractivity contribution in [3.63, 3.8) is 0 Å². The molecule has 2 amide bonds. The van der Waals surface area contributed by atoms with Crippen LogP contribution in [0, 0.1) is 0 Å². The largest absolute Gasteiger partial charge is 0.335 e. The van der Waals surface area contributed by atoms with Crippen LogP contribution in [0.1, 0.15) is 20.7 Å². The minimum absolute atomic E-state index is 0.0426. The molecule has 0 N–H and O–H groups in total. The molecular formula is C17H15Cl2N3O2. The number of hydrogen-bond donors (Lipinski definition) is 0. The van der Waals surface area contributed by atoms with Gasteiger partial charge in [0.25, 0.3) is 11.8 Å². The first kappa shape index (κ1) is 16.7. The van der Waals surface area contributed by atoms with E-state index >= 15 is 0 Å². The minimum Gasteiger partial charge on any atom is -0.335 e. The summed E-state index contributed by atoms with van der Waals surface area (Å²) in [7, 11) is 0. The molecule has 124 valence electrons. The monoisotopic (exact) mass is 363 g/mol. The lowest BCUT2D eigenvalue weighted by Gasteiger charge is -2.34. The molecule has 0 unspecified atom stereocenters. The molecule has 0 saturated carbocycles. The van der Waals surface area contributed by atoms with E-state index in [1.165, 1.54) is 0 Å². The Balaban J connectivity index is 1.63. The van der Waals surface area contributed by atoms with Crippen LogP contribution in [0.3, 0.4) is 0 Å². The van der Waals surface area contributed by atoms with Crippen LogP contribution in [0.5, 0.6) is 0 Å². The zero-order valence-corrected chi connectivity index (χ0v) is 14.3. The smallest absolute Gasteiger partial charge is 0.254 e. The molecule has 24 heavy (non-hydrogen) atoms. The first-order valence-corrected chi connectivity index (χ1v) is 8.25. The van der Waals surface area contributed by atoms with Crippen molar-refractivity contribution in [1.29, 1.82) is 0 Å². The second-order valence-electron chi connectivity index (χ2n) is 5.45. The number of benzene rings is 1. The summed E-state index contributed by atoms with van der Waals surface area (Å²) in [5.41, 5.74) is 1.10. The first-order chi connectivity index (χ1) is 11.6. The molecule has 0 bridgehead atoms. The van der Waals surface area contributed by atoms with Crippen molar-refractivity contribution >= 4 is 35.0 Å². The van der Waals surface area contributed by atoms with Crippen LogP contribution in [0.25, 0.3) is 0 Å². The maximum absolute atomic E-state index is 12.5. The van der Waals surface area contributed by atoms with Gasteiger partial charge in [0, 0.05) is 49.7 Å². The van der Waals surface area contributed by atoms with Crippen molar-refractivity contribution in [2.45, 2.75) is 0 Å². The lowest BCUT2D eigenvalue weighted by molar-refractivity contribution is 0.0535. The van der Waals surface area contributed by atoms with E-state index in [0.29, 0.717) is 47.4 Å². The number of piperazine rings is 1. The molecule has 0 atom stereocenters. The Bertz CT molecular complexity index is 760. The third kappa shape index (κ3) is 3.52. The fraction of sp³-hybridized carbons (Fsp3) is 0.235. The average Bonchev–Trinajstić information content (AvgIpc) is 2.63. The van der Waals surface area contributed by atoms with Gasteiger partial charge < -0.3 is 9.80 Å². The summed E-state index contributed by atoms with van der Waals surface area (Å²) in [4.78, 5) is 32.3. The van der Waals surface area contributed by atoms with Gasteiger partial charge in [0.05, 0.1) is 10.0 Å².